The van der Waals surface area contributed by atoms with Crippen molar-refractivity contribution in [2.75, 3.05) is 18.2 Å². The molecule has 0 heterocycles. The van der Waals surface area contributed by atoms with Crippen LogP contribution in [0.5, 0.6) is 5.75 Å². The fourth-order valence-corrected chi connectivity index (χ4v) is 2.17. The second-order valence-corrected chi connectivity index (χ2v) is 5.26. The molecule has 2 rings (SSSR count). The van der Waals surface area contributed by atoms with Gasteiger partial charge in [-0.3, -0.25) is 0 Å². The third-order valence-electron chi connectivity index (χ3n) is 3.72. The van der Waals surface area contributed by atoms with Crippen LogP contribution in [0.3, 0.4) is 0 Å². The zero-order valence-electron chi connectivity index (χ0n) is 10.5. The Hall–Kier alpha value is -1.42. The van der Waals surface area contributed by atoms with Gasteiger partial charge in [0.05, 0.1) is 13.2 Å². The molecule has 17 heavy (non-hydrogen) atoms. The highest BCUT2D eigenvalue weighted by Gasteiger charge is 2.47. The number of hydrogen-bond donors (Lipinski definition) is 3. The van der Waals surface area contributed by atoms with E-state index in [0.29, 0.717) is 5.69 Å². The molecular formula is C13H20N2O2. The first-order valence-corrected chi connectivity index (χ1v) is 5.82. The number of aliphatic hydroxyl groups excluding tert-OH is 1. The van der Waals surface area contributed by atoms with Gasteiger partial charge in [-0.2, -0.15) is 0 Å². The Morgan fingerprint density at radius 2 is 2.12 bits per heavy atom. The van der Waals surface area contributed by atoms with E-state index in [4.69, 9.17) is 10.5 Å². The maximum atomic E-state index is 9.69. The number of ether oxygens (including phenoxy) is 1. The van der Waals surface area contributed by atoms with Crippen LogP contribution in [0.2, 0.25) is 0 Å². The standard InChI is InChI=1S/C13H20N2O2/c1-13(2)11(7-12(13)16)15-9-4-8(14)5-10(6-9)17-3/h4-6,11-12,15-16H,7,14H2,1-3H3. The normalized spacial score (nSPS) is 26.1. The summed E-state index contributed by atoms with van der Waals surface area (Å²) < 4.78 is 5.17. The van der Waals surface area contributed by atoms with Crippen molar-refractivity contribution in [3.05, 3.63) is 18.2 Å². The quantitative estimate of drug-likeness (QED) is 0.701. The molecule has 0 aromatic heterocycles. The average Bonchev–Trinajstić information content (AvgIpc) is 2.28. The molecule has 2 unspecified atom stereocenters. The van der Waals surface area contributed by atoms with E-state index in [1.54, 1.807) is 13.2 Å². The molecule has 1 fully saturated rings. The van der Waals surface area contributed by atoms with Gasteiger partial charge < -0.3 is 20.9 Å². The first-order valence-electron chi connectivity index (χ1n) is 5.82. The van der Waals surface area contributed by atoms with Gasteiger partial charge in [-0.15, -0.1) is 0 Å². The molecule has 0 aliphatic heterocycles. The molecule has 0 spiro atoms. The highest BCUT2D eigenvalue weighted by atomic mass is 16.5. The minimum Gasteiger partial charge on any atom is -0.497 e. The Kier molecular flexibility index (Phi) is 2.91. The molecule has 0 radical (unpaired) electrons. The summed E-state index contributed by atoms with van der Waals surface area (Å²) >= 11 is 0. The number of benzene rings is 1. The third kappa shape index (κ3) is 2.17. The Balaban J connectivity index is 2.12. The van der Waals surface area contributed by atoms with E-state index in [2.05, 4.69) is 19.2 Å². The van der Waals surface area contributed by atoms with Crippen LogP contribution in [0.15, 0.2) is 18.2 Å². The van der Waals surface area contributed by atoms with Crippen molar-refractivity contribution in [3.8, 4) is 5.75 Å². The van der Waals surface area contributed by atoms with Gasteiger partial charge >= 0.3 is 0 Å². The predicted molar refractivity (Wildman–Crippen MR) is 69.2 cm³/mol. The number of aliphatic hydroxyl groups is 1. The van der Waals surface area contributed by atoms with Gasteiger partial charge in [0.15, 0.2) is 0 Å². The van der Waals surface area contributed by atoms with Crippen LogP contribution in [-0.2, 0) is 0 Å². The van der Waals surface area contributed by atoms with Gasteiger partial charge in [0.1, 0.15) is 5.75 Å². The number of nitrogen functional groups attached to an aromatic ring is 1. The lowest BCUT2D eigenvalue weighted by Gasteiger charge is -2.49. The molecule has 4 N–H and O–H groups in total. The summed E-state index contributed by atoms with van der Waals surface area (Å²) in [6.45, 7) is 4.12. The first kappa shape index (κ1) is 12.0. The fraction of sp³-hybridized carbons (Fsp3) is 0.538. The van der Waals surface area contributed by atoms with Gasteiger partial charge in [0.2, 0.25) is 0 Å². The largest absolute Gasteiger partial charge is 0.497 e. The maximum absolute atomic E-state index is 9.69. The summed E-state index contributed by atoms with van der Waals surface area (Å²) in [5, 5.41) is 13.1. The van der Waals surface area contributed by atoms with E-state index < -0.39 is 0 Å². The van der Waals surface area contributed by atoms with E-state index in [1.807, 2.05) is 12.1 Å². The smallest absolute Gasteiger partial charge is 0.122 e. The first-order chi connectivity index (χ1) is 7.93. The molecular weight excluding hydrogens is 216 g/mol. The molecule has 1 saturated carbocycles. The Morgan fingerprint density at radius 1 is 1.41 bits per heavy atom. The lowest BCUT2D eigenvalue weighted by atomic mass is 9.64. The lowest BCUT2D eigenvalue weighted by molar-refractivity contribution is -0.0510. The van der Waals surface area contributed by atoms with Gasteiger partial charge in [0.25, 0.3) is 0 Å². The van der Waals surface area contributed by atoms with Crippen molar-refractivity contribution in [3.63, 3.8) is 0 Å². The zero-order chi connectivity index (χ0) is 12.6. The monoisotopic (exact) mass is 236 g/mol. The van der Waals surface area contributed by atoms with Crippen LogP contribution >= 0.6 is 0 Å². The van der Waals surface area contributed by atoms with Crippen molar-refractivity contribution in [2.45, 2.75) is 32.4 Å². The van der Waals surface area contributed by atoms with E-state index in [1.165, 1.54) is 0 Å². The molecule has 0 saturated heterocycles. The lowest BCUT2D eigenvalue weighted by Crippen LogP contribution is -2.56. The van der Waals surface area contributed by atoms with Crippen LogP contribution in [0, 0.1) is 5.41 Å². The van der Waals surface area contributed by atoms with Gasteiger partial charge in [-0.1, -0.05) is 13.8 Å². The van der Waals surface area contributed by atoms with E-state index in [9.17, 15) is 5.11 Å². The van der Waals surface area contributed by atoms with E-state index in [0.717, 1.165) is 17.9 Å². The third-order valence-corrected chi connectivity index (χ3v) is 3.72. The SMILES string of the molecule is COc1cc(N)cc(NC2CC(O)C2(C)C)c1. The summed E-state index contributed by atoms with van der Waals surface area (Å²) in [5.74, 6) is 0.741. The predicted octanol–water partition coefficient (Wildman–Crippen LogP) is 1.85. The fourth-order valence-electron chi connectivity index (χ4n) is 2.17. The van der Waals surface area contributed by atoms with Crippen molar-refractivity contribution >= 4 is 11.4 Å². The Morgan fingerprint density at radius 3 is 2.65 bits per heavy atom. The highest BCUT2D eigenvalue weighted by Crippen LogP contribution is 2.42. The number of nitrogens with two attached hydrogens (primary N) is 1. The molecule has 0 bridgehead atoms. The molecule has 4 heteroatoms. The summed E-state index contributed by atoms with van der Waals surface area (Å²) in [5.41, 5.74) is 7.30. The number of hydrogen-bond acceptors (Lipinski definition) is 4. The second-order valence-electron chi connectivity index (χ2n) is 5.26. The molecule has 0 amide bonds. The summed E-state index contributed by atoms with van der Waals surface area (Å²) in [7, 11) is 1.62. The van der Waals surface area contributed by atoms with Gasteiger partial charge in [-0.05, 0) is 12.5 Å². The molecule has 1 aliphatic carbocycles. The highest BCUT2D eigenvalue weighted by molar-refractivity contribution is 5.60. The van der Waals surface area contributed by atoms with Crippen LogP contribution in [-0.4, -0.2) is 24.4 Å². The van der Waals surface area contributed by atoms with Crippen LogP contribution in [0.25, 0.3) is 0 Å². The minimum atomic E-state index is -0.233. The molecule has 1 aromatic carbocycles. The number of methoxy groups -OCH3 is 1. The van der Waals surface area contributed by atoms with Crippen LogP contribution in [0.1, 0.15) is 20.3 Å². The topological polar surface area (TPSA) is 67.5 Å². The van der Waals surface area contributed by atoms with Gasteiger partial charge in [-0.25, -0.2) is 0 Å². The maximum Gasteiger partial charge on any atom is 0.122 e. The van der Waals surface area contributed by atoms with Crippen LogP contribution in [0.4, 0.5) is 11.4 Å². The molecule has 1 aliphatic rings. The zero-order valence-corrected chi connectivity index (χ0v) is 10.5. The van der Waals surface area contributed by atoms with Crippen LogP contribution < -0.4 is 15.8 Å². The number of nitrogens with one attached hydrogen (secondary N) is 1. The number of rotatable bonds is 3. The summed E-state index contributed by atoms with van der Waals surface area (Å²) in [6, 6.07) is 5.84. The molecule has 94 valence electrons. The van der Waals surface area contributed by atoms with Crippen molar-refractivity contribution in [1.29, 1.82) is 0 Å². The summed E-state index contributed by atoms with van der Waals surface area (Å²) in [6.07, 6.45) is 0.535. The second kappa shape index (κ2) is 4.11. The number of anilines is 2. The summed E-state index contributed by atoms with van der Waals surface area (Å²) in [4.78, 5) is 0. The Bertz CT molecular complexity index is 418. The molecule has 2 atom stereocenters. The average molecular weight is 236 g/mol. The Labute approximate surface area is 102 Å². The molecule has 1 aromatic rings. The van der Waals surface area contributed by atoms with E-state index >= 15 is 0 Å². The van der Waals surface area contributed by atoms with Crippen molar-refractivity contribution < 1.29 is 9.84 Å². The molecule has 4 nitrogen and oxygen atoms in total. The van der Waals surface area contributed by atoms with Crippen molar-refractivity contribution in [1.82, 2.24) is 0 Å². The van der Waals surface area contributed by atoms with Gasteiger partial charge in [0, 0.05) is 35.0 Å². The van der Waals surface area contributed by atoms with Crippen molar-refractivity contribution in [2.24, 2.45) is 5.41 Å². The minimum absolute atomic E-state index is 0.0994. The van der Waals surface area contributed by atoms with E-state index in [-0.39, 0.29) is 17.6 Å².